The van der Waals surface area contributed by atoms with Crippen molar-refractivity contribution in [1.29, 1.82) is 0 Å². The summed E-state index contributed by atoms with van der Waals surface area (Å²) in [6.07, 6.45) is -0.781. The van der Waals surface area contributed by atoms with Crippen LogP contribution in [0.15, 0.2) is 69.5 Å². The Morgan fingerprint density at radius 3 is 2.52 bits per heavy atom. The zero-order valence-corrected chi connectivity index (χ0v) is 15.8. The fourth-order valence-electron chi connectivity index (χ4n) is 2.73. The molecule has 2 aromatic heterocycles. The number of hydrogen-bond donors (Lipinski definition) is 0. The number of nitrogens with zero attached hydrogens (tertiary/aromatic N) is 2. The smallest absolute Gasteiger partial charge is 0.375 e. The van der Waals surface area contributed by atoms with Crippen molar-refractivity contribution in [3.63, 3.8) is 0 Å². The fraction of sp³-hybridized carbons (Fsp3) is 0.136. The second-order valence-corrected chi connectivity index (χ2v) is 6.50. The number of aromatic nitrogens is 2. The highest BCUT2D eigenvalue weighted by atomic mass is 19.1. The maximum atomic E-state index is 13.9. The predicted molar refractivity (Wildman–Crippen MR) is 102 cm³/mol. The number of carbonyl (C=O) groups excluding carboxylic acids is 1. The van der Waals surface area contributed by atoms with Gasteiger partial charge in [0, 0.05) is 5.56 Å². The van der Waals surface area contributed by atoms with Crippen LogP contribution in [0.5, 0.6) is 0 Å². The van der Waals surface area contributed by atoms with Crippen LogP contribution in [-0.2, 0) is 4.74 Å². The Hall–Kier alpha value is -3.74. The largest absolute Gasteiger partial charge is 0.449 e. The quantitative estimate of drug-likeness (QED) is 0.425. The number of ether oxygens (including phenoxy) is 1. The molecule has 0 spiro atoms. The molecule has 0 amide bonds. The summed E-state index contributed by atoms with van der Waals surface area (Å²) in [5.41, 5.74) is 2.15. The summed E-state index contributed by atoms with van der Waals surface area (Å²) in [4.78, 5) is 12.4. The van der Waals surface area contributed by atoms with E-state index in [1.807, 2.05) is 31.2 Å². The van der Waals surface area contributed by atoms with Gasteiger partial charge < -0.3 is 13.6 Å². The summed E-state index contributed by atoms with van der Waals surface area (Å²) < 4.78 is 30.3. The highest BCUT2D eigenvalue weighted by molar-refractivity contribution is 5.87. The van der Waals surface area contributed by atoms with Crippen LogP contribution in [0.1, 0.15) is 35.0 Å². The van der Waals surface area contributed by atoms with Gasteiger partial charge in [-0.15, -0.1) is 10.2 Å². The van der Waals surface area contributed by atoms with E-state index in [0.717, 1.165) is 11.1 Å². The molecule has 2 heterocycles. The van der Waals surface area contributed by atoms with Crippen molar-refractivity contribution in [3.8, 4) is 22.8 Å². The number of benzene rings is 2. The number of halogens is 1. The molecule has 0 saturated heterocycles. The minimum absolute atomic E-state index is 0.0478. The zero-order valence-electron chi connectivity index (χ0n) is 15.8. The van der Waals surface area contributed by atoms with Gasteiger partial charge in [-0.25, -0.2) is 9.18 Å². The normalized spacial score (nSPS) is 12.0. The molecule has 0 N–H and O–H groups in total. The van der Waals surface area contributed by atoms with Crippen LogP contribution in [0.4, 0.5) is 4.39 Å². The van der Waals surface area contributed by atoms with Gasteiger partial charge in [-0.05, 0) is 50.2 Å². The van der Waals surface area contributed by atoms with Gasteiger partial charge in [0.1, 0.15) is 11.6 Å². The Morgan fingerprint density at radius 2 is 1.76 bits per heavy atom. The van der Waals surface area contributed by atoms with Gasteiger partial charge in [0.15, 0.2) is 6.10 Å². The lowest BCUT2D eigenvalue weighted by atomic mass is 10.1. The molecule has 0 aliphatic rings. The summed E-state index contributed by atoms with van der Waals surface area (Å²) >= 11 is 0. The van der Waals surface area contributed by atoms with Gasteiger partial charge in [-0.1, -0.05) is 29.8 Å². The first-order valence-electron chi connectivity index (χ1n) is 8.97. The Balaban J connectivity index is 1.46. The summed E-state index contributed by atoms with van der Waals surface area (Å²) in [6.45, 7) is 3.60. The van der Waals surface area contributed by atoms with Crippen molar-refractivity contribution in [1.82, 2.24) is 10.2 Å². The van der Waals surface area contributed by atoms with Crippen LogP contribution in [0, 0.1) is 12.7 Å². The van der Waals surface area contributed by atoms with Crippen LogP contribution in [0.3, 0.4) is 0 Å². The van der Waals surface area contributed by atoms with Crippen molar-refractivity contribution >= 4 is 5.97 Å². The second kappa shape index (κ2) is 7.71. The highest BCUT2D eigenvalue weighted by Gasteiger charge is 2.22. The van der Waals surface area contributed by atoms with E-state index in [4.69, 9.17) is 13.6 Å². The first-order valence-corrected chi connectivity index (χ1v) is 8.97. The molecule has 1 atom stereocenters. The van der Waals surface area contributed by atoms with E-state index in [9.17, 15) is 9.18 Å². The summed E-state index contributed by atoms with van der Waals surface area (Å²) in [5, 5.41) is 7.95. The van der Waals surface area contributed by atoms with Crippen molar-refractivity contribution in [2.75, 3.05) is 0 Å². The number of esters is 1. The van der Waals surface area contributed by atoms with Gasteiger partial charge >= 0.3 is 5.97 Å². The number of aryl methyl sites for hydroxylation is 1. The summed E-state index contributed by atoms with van der Waals surface area (Å²) in [7, 11) is 0. The Labute approximate surface area is 165 Å². The monoisotopic (exact) mass is 392 g/mol. The summed E-state index contributed by atoms with van der Waals surface area (Å²) in [5.74, 6) is -0.465. The van der Waals surface area contributed by atoms with E-state index in [0.29, 0.717) is 5.89 Å². The van der Waals surface area contributed by atoms with E-state index >= 15 is 0 Å². The first-order chi connectivity index (χ1) is 14.0. The average molecular weight is 392 g/mol. The number of carbonyl (C=O) groups is 1. The predicted octanol–water partition coefficient (Wildman–Crippen LogP) is 5.36. The van der Waals surface area contributed by atoms with Crippen LogP contribution < -0.4 is 0 Å². The van der Waals surface area contributed by atoms with Gasteiger partial charge in [0.25, 0.3) is 5.89 Å². The number of rotatable bonds is 5. The molecule has 146 valence electrons. The van der Waals surface area contributed by atoms with E-state index in [-0.39, 0.29) is 23.0 Å². The summed E-state index contributed by atoms with van der Waals surface area (Å²) in [6, 6.07) is 16.7. The zero-order chi connectivity index (χ0) is 20.4. The third kappa shape index (κ3) is 3.94. The maximum absolute atomic E-state index is 13.9. The molecule has 0 radical (unpaired) electrons. The lowest BCUT2D eigenvalue weighted by Gasteiger charge is -2.07. The first kappa shape index (κ1) is 18.6. The van der Waals surface area contributed by atoms with Gasteiger partial charge in [-0.2, -0.15) is 0 Å². The molecule has 29 heavy (non-hydrogen) atoms. The SMILES string of the molecule is Cc1ccc(-c2nnc([C@H](C)OC(=O)c3ccc(-c4ccccc4F)o3)o2)cc1. The molecule has 0 fully saturated rings. The molecule has 0 bridgehead atoms. The van der Waals surface area contributed by atoms with Crippen LogP contribution >= 0.6 is 0 Å². The molecule has 6 nitrogen and oxygen atoms in total. The maximum Gasteiger partial charge on any atom is 0.375 e. The Morgan fingerprint density at radius 1 is 1.00 bits per heavy atom. The topological polar surface area (TPSA) is 78.4 Å². The molecule has 0 aliphatic carbocycles. The molecule has 4 aromatic rings. The Bertz CT molecular complexity index is 1150. The molecule has 4 rings (SSSR count). The molecular weight excluding hydrogens is 375 g/mol. The third-order valence-electron chi connectivity index (χ3n) is 4.32. The molecule has 0 saturated carbocycles. The van der Waals surface area contributed by atoms with E-state index in [1.165, 1.54) is 18.2 Å². The molecule has 2 aromatic carbocycles. The van der Waals surface area contributed by atoms with Crippen LogP contribution in [-0.4, -0.2) is 16.2 Å². The fourth-order valence-corrected chi connectivity index (χ4v) is 2.73. The van der Waals surface area contributed by atoms with Crippen molar-refractivity contribution in [2.24, 2.45) is 0 Å². The Kier molecular flexibility index (Phi) is 4.95. The third-order valence-corrected chi connectivity index (χ3v) is 4.32. The van der Waals surface area contributed by atoms with Crippen molar-refractivity contribution < 1.29 is 22.8 Å². The lowest BCUT2D eigenvalue weighted by molar-refractivity contribution is 0.0245. The minimum Gasteiger partial charge on any atom is -0.449 e. The van der Waals surface area contributed by atoms with E-state index < -0.39 is 17.9 Å². The average Bonchev–Trinajstić information content (AvgIpc) is 3.39. The highest BCUT2D eigenvalue weighted by Crippen LogP contribution is 2.27. The van der Waals surface area contributed by atoms with Crippen LogP contribution in [0.25, 0.3) is 22.8 Å². The van der Waals surface area contributed by atoms with E-state index in [2.05, 4.69) is 10.2 Å². The van der Waals surface area contributed by atoms with Crippen molar-refractivity contribution in [3.05, 3.63) is 83.7 Å². The van der Waals surface area contributed by atoms with Crippen LogP contribution in [0.2, 0.25) is 0 Å². The standard InChI is InChI=1S/C22H17FN2O4/c1-13-7-9-15(10-8-13)21-25-24-20(29-21)14(2)27-22(26)19-12-11-18(28-19)16-5-3-4-6-17(16)23/h3-12,14H,1-2H3/t14-/m0/s1. The van der Waals surface area contributed by atoms with Gasteiger partial charge in [0.05, 0.1) is 5.56 Å². The van der Waals surface area contributed by atoms with Crippen molar-refractivity contribution in [2.45, 2.75) is 20.0 Å². The minimum atomic E-state index is -0.781. The van der Waals surface area contributed by atoms with E-state index in [1.54, 1.807) is 25.1 Å². The van der Waals surface area contributed by atoms with Gasteiger partial charge in [0.2, 0.25) is 11.7 Å². The lowest BCUT2D eigenvalue weighted by Crippen LogP contribution is -2.08. The van der Waals surface area contributed by atoms with Gasteiger partial charge in [-0.3, -0.25) is 0 Å². The second-order valence-electron chi connectivity index (χ2n) is 6.50. The molecule has 7 heteroatoms. The number of furan rings is 1. The number of hydrogen-bond acceptors (Lipinski definition) is 6. The molecule has 0 unspecified atom stereocenters. The molecular formula is C22H17FN2O4. The molecule has 0 aliphatic heterocycles.